The SMILES string of the molecule is CC1(C)OCC2CCc3cc4c(c(c32)-n2cc(cn2)S(=N)(=O)c2cnc1s2)CCC4. The van der Waals surface area contributed by atoms with Crippen molar-refractivity contribution < 1.29 is 8.95 Å². The Balaban J connectivity index is 1.63. The molecule has 8 heteroatoms. The first-order valence-electron chi connectivity index (χ1n) is 10.5. The van der Waals surface area contributed by atoms with E-state index in [4.69, 9.17) is 9.52 Å². The Morgan fingerprint density at radius 3 is 3.00 bits per heavy atom. The molecule has 156 valence electrons. The lowest BCUT2D eigenvalue weighted by molar-refractivity contribution is -0.0291. The molecular formula is C22H24N4O2S2. The van der Waals surface area contributed by atoms with E-state index in [-0.39, 0.29) is 0 Å². The number of rotatable bonds is 0. The summed E-state index contributed by atoms with van der Waals surface area (Å²) in [5.41, 5.74) is 6.07. The van der Waals surface area contributed by atoms with Gasteiger partial charge in [0.1, 0.15) is 24.5 Å². The van der Waals surface area contributed by atoms with Gasteiger partial charge in [-0.15, -0.1) is 11.3 Å². The highest BCUT2D eigenvalue weighted by Gasteiger charge is 2.35. The van der Waals surface area contributed by atoms with Gasteiger partial charge >= 0.3 is 0 Å². The number of hydrogen-bond acceptors (Lipinski definition) is 6. The van der Waals surface area contributed by atoms with E-state index in [0.717, 1.165) is 42.8 Å². The lowest BCUT2D eigenvalue weighted by Gasteiger charge is -2.26. The third kappa shape index (κ3) is 2.60. The molecule has 2 aliphatic carbocycles. The van der Waals surface area contributed by atoms with E-state index in [1.807, 2.05) is 24.7 Å². The Morgan fingerprint density at radius 1 is 1.27 bits per heavy atom. The predicted molar refractivity (Wildman–Crippen MR) is 115 cm³/mol. The third-order valence-corrected chi connectivity index (χ3v) is 10.3. The molecular weight excluding hydrogens is 416 g/mol. The van der Waals surface area contributed by atoms with Gasteiger partial charge in [0.05, 0.1) is 29.6 Å². The van der Waals surface area contributed by atoms with Gasteiger partial charge in [0.2, 0.25) is 0 Å². The number of nitrogens with one attached hydrogen (secondary N) is 1. The van der Waals surface area contributed by atoms with Crippen LogP contribution in [0.15, 0.2) is 33.8 Å². The van der Waals surface area contributed by atoms with Gasteiger partial charge in [-0.1, -0.05) is 6.07 Å². The molecule has 30 heavy (non-hydrogen) atoms. The van der Waals surface area contributed by atoms with Crippen LogP contribution in [-0.4, -0.2) is 25.6 Å². The molecule has 3 heterocycles. The molecule has 1 aliphatic heterocycles. The summed E-state index contributed by atoms with van der Waals surface area (Å²) in [5.74, 6) is 0.299. The quantitative estimate of drug-likeness (QED) is 0.555. The highest BCUT2D eigenvalue weighted by atomic mass is 32.2. The molecule has 2 aromatic heterocycles. The summed E-state index contributed by atoms with van der Waals surface area (Å²) in [5, 5.41) is 5.38. The summed E-state index contributed by atoms with van der Waals surface area (Å²) in [4.78, 5) is 4.92. The standard InChI is InChI=1S/C22H24N4O2S2/c1-22(2)21-24-10-18(29-21)30(23,27)16-9-25-26(11-16)20-17-5-3-4-13(17)8-14-6-7-15(12-28-22)19(14)20/h8-11,15,23H,3-7,12H2,1-2H3. The first-order chi connectivity index (χ1) is 14.3. The minimum absolute atomic E-state index is 0.299. The normalized spacial score (nSPS) is 26.4. The van der Waals surface area contributed by atoms with Crippen molar-refractivity contribution in [2.24, 2.45) is 0 Å². The number of hydrogen-bond donors (Lipinski definition) is 1. The zero-order valence-corrected chi connectivity index (χ0v) is 18.7. The predicted octanol–water partition coefficient (Wildman–Crippen LogP) is 4.58. The molecule has 6 rings (SSSR count). The van der Waals surface area contributed by atoms with Crippen molar-refractivity contribution in [3.63, 3.8) is 0 Å². The first-order valence-corrected chi connectivity index (χ1v) is 12.8. The molecule has 1 N–H and O–H groups in total. The second kappa shape index (κ2) is 6.24. The van der Waals surface area contributed by atoms with Crippen molar-refractivity contribution in [1.82, 2.24) is 14.8 Å². The van der Waals surface area contributed by atoms with Crippen LogP contribution in [0.3, 0.4) is 0 Å². The molecule has 3 aliphatic rings. The average molecular weight is 441 g/mol. The fourth-order valence-electron chi connectivity index (χ4n) is 5.10. The van der Waals surface area contributed by atoms with Gasteiger partial charge in [-0.05, 0) is 68.2 Å². The van der Waals surface area contributed by atoms with E-state index >= 15 is 0 Å². The molecule has 0 fully saturated rings. The van der Waals surface area contributed by atoms with Crippen LogP contribution in [-0.2, 0) is 39.3 Å². The number of fused-ring (bicyclic) bond motifs is 7. The molecule has 1 aromatic carbocycles. The van der Waals surface area contributed by atoms with Crippen molar-refractivity contribution in [1.29, 1.82) is 4.78 Å². The second-order valence-electron chi connectivity index (χ2n) is 9.01. The Hall–Kier alpha value is -2.03. The summed E-state index contributed by atoms with van der Waals surface area (Å²) in [7, 11) is -3.17. The molecule has 2 atom stereocenters. The lowest BCUT2D eigenvalue weighted by Crippen LogP contribution is -2.24. The minimum Gasteiger partial charge on any atom is -0.368 e. The van der Waals surface area contributed by atoms with Gasteiger partial charge in [0, 0.05) is 12.1 Å². The topological polar surface area (TPSA) is 80.9 Å². The summed E-state index contributed by atoms with van der Waals surface area (Å²) in [6.45, 7) is 4.64. The molecule has 0 radical (unpaired) electrons. The highest BCUT2D eigenvalue weighted by molar-refractivity contribution is 7.94. The third-order valence-electron chi connectivity index (χ3n) is 6.71. The fourth-order valence-corrected chi connectivity index (χ4v) is 7.68. The van der Waals surface area contributed by atoms with Crippen LogP contribution in [0.2, 0.25) is 0 Å². The summed E-state index contributed by atoms with van der Waals surface area (Å²) >= 11 is 1.31. The van der Waals surface area contributed by atoms with Crippen molar-refractivity contribution in [3.8, 4) is 5.69 Å². The number of nitrogens with zero attached hydrogens (tertiary/aromatic N) is 3. The zero-order chi connectivity index (χ0) is 20.7. The van der Waals surface area contributed by atoms with Crippen LogP contribution >= 0.6 is 11.3 Å². The molecule has 6 nitrogen and oxygen atoms in total. The molecule has 4 bridgehead atoms. The van der Waals surface area contributed by atoms with Gasteiger partial charge < -0.3 is 4.74 Å². The number of ether oxygens (including phenoxy) is 1. The van der Waals surface area contributed by atoms with E-state index in [0.29, 0.717) is 21.6 Å². The van der Waals surface area contributed by atoms with Crippen molar-refractivity contribution in [3.05, 3.63) is 51.9 Å². The minimum atomic E-state index is -3.17. The zero-order valence-electron chi connectivity index (χ0n) is 17.1. The van der Waals surface area contributed by atoms with Crippen LogP contribution < -0.4 is 0 Å². The van der Waals surface area contributed by atoms with E-state index < -0.39 is 15.3 Å². The van der Waals surface area contributed by atoms with Crippen molar-refractivity contribution in [2.45, 2.75) is 66.6 Å². The van der Waals surface area contributed by atoms with Crippen LogP contribution in [0.4, 0.5) is 0 Å². The Bertz CT molecular complexity index is 1290. The van der Waals surface area contributed by atoms with Crippen LogP contribution in [0.25, 0.3) is 5.69 Å². The Kier molecular flexibility index (Phi) is 3.90. The lowest BCUT2D eigenvalue weighted by atomic mass is 9.94. The molecule has 0 amide bonds. The van der Waals surface area contributed by atoms with Gasteiger partial charge in [-0.25, -0.2) is 18.7 Å². The van der Waals surface area contributed by atoms with E-state index in [2.05, 4.69) is 16.1 Å². The molecule has 0 saturated carbocycles. The van der Waals surface area contributed by atoms with Crippen molar-refractivity contribution >= 4 is 21.1 Å². The monoisotopic (exact) mass is 440 g/mol. The van der Waals surface area contributed by atoms with Crippen LogP contribution in [0, 0.1) is 4.78 Å². The van der Waals surface area contributed by atoms with E-state index in [9.17, 15) is 4.21 Å². The molecule has 2 unspecified atom stereocenters. The molecule has 0 saturated heterocycles. The van der Waals surface area contributed by atoms with Crippen molar-refractivity contribution in [2.75, 3.05) is 6.61 Å². The Morgan fingerprint density at radius 2 is 2.13 bits per heavy atom. The number of thiazole rings is 1. The highest BCUT2D eigenvalue weighted by Crippen LogP contribution is 2.44. The summed E-state index contributed by atoms with van der Waals surface area (Å²) < 4.78 is 30.9. The maximum atomic E-state index is 13.5. The van der Waals surface area contributed by atoms with E-state index in [1.165, 1.54) is 33.6 Å². The number of aromatic nitrogens is 3. The van der Waals surface area contributed by atoms with Crippen LogP contribution in [0.1, 0.15) is 59.9 Å². The number of benzene rings is 1. The second-order valence-corrected chi connectivity index (χ2v) is 12.3. The van der Waals surface area contributed by atoms with Gasteiger partial charge in [-0.2, -0.15) is 5.10 Å². The summed E-state index contributed by atoms with van der Waals surface area (Å²) in [6, 6.07) is 2.40. The molecule has 0 spiro atoms. The average Bonchev–Trinajstić information content (AvgIpc) is 3.50. The smallest absolute Gasteiger partial charge is 0.125 e. The molecule has 3 aromatic rings. The maximum absolute atomic E-state index is 13.5. The van der Waals surface area contributed by atoms with E-state index in [1.54, 1.807) is 12.4 Å². The van der Waals surface area contributed by atoms with Gasteiger partial charge in [0.25, 0.3) is 0 Å². The first kappa shape index (κ1) is 18.7. The maximum Gasteiger partial charge on any atom is 0.125 e. The summed E-state index contributed by atoms with van der Waals surface area (Å²) in [6.07, 6.45) is 10.4. The number of aryl methyl sites for hydroxylation is 2. The Labute approximate surface area is 180 Å². The fraction of sp³-hybridized carbons (Fsp3) is 0.455. The van der Waals surface area contributed by atoms with Gasteiger partial charge in [0.15, 0.2) is 0 Å². The van der Waals surface area contributed by atoms with Gasteiger partial charge in [-0.3, -0.25) is 0 Å². The largest absolute Gasteiger partial charge is 0.368 e. The van der Waals surface area contributed by atoms with Crippen LogP contribution in [0.5, 0.6) is 0 Å².